The molecule has 0 rings (SSSR count). The van der Waals surface area contributed by atoms with E-state index in [0.29, 0.717) is 5.57 Å². The van der Waals surface area contributed by atoms with Crippen molar-refractivity contribution in [1.82, 2.24) is 0 Å². The predicted molar refractivity (Wildman–Crippen MR) is 49.0 cm³/mol. The molecule has 0 heterocycles. The normalized spacial score (nSPS) is 14.2. The first-order chi connectivity index (χ1) is 5.37. The fourth-order valence-corrected chi connectivity index (χ4v) is 0.880. The Balaban J connectivity index is 4.63. The number of rotatable bonds is 1. The van der Waals surface area contributed by atoms with Crippen LogP contribution in [0.1, 0.15) is 27.7 Å². The third-order valence-electron chi connectivity index (χ3n) is 1.23. The van der Waals surface area contributed by atoms with Crippen molar-refractivity contribution in [3.05, 3.63) is 28.6 Å². The van der Waals surface area contributed by atoms with Crippen molar-refractivity contribution in [1.29, 1.82) is 5.39 Å². The summed E-state index contributed by atoms with van der Waals surface area (Å²) in [4.78, 5) is 2.73. The second kappa shape index (κ2) is 3.91. The SMILES string of the molecule is CC(=C\C(C)(C)C)/C(O)=C/[N+]#N. The van der Waals surface area contributed by atoms with Crippen molar-refractivity contribution in [2.24, 2.45) is 5.41 Å². The molecule has 0 bridgehead atoms. The summed E-state index contributed by atoms with van der Waals surface area (Å²) in [6.45, 7) is 7.85. The van der Waals surface area contributed by atoms with E-state index in [4.69, 9.17) is 5.39 Å². The molecule has 3 heteroatoms. The topological polar surface area (TPSA) is 48.4 Å². The predicted octanol–water partition coefficient (Wildman–Crippen LogP) is 3.23. The lowest BCUT2D eigenvalue weighted by atomic mass is 9.93. The smallest absolute Gasteiger partial charge is 0.391 e. The summed E-state index contributed by atoms with van der Waals surface area (Å²) in [5.41, 5.74) is 0.724. The minimum absolute atomic E-state index is 0.00701. The first-order valence-corrected chi connectivity index (χ1v) is 3.80. The number of nitrogens with zero attached hydrogens (tertiary/aromatic N) is 2. The standard InChI is InChI=1S/C9H14N2O/c1-7(5-9(2,3)4)8(12)6-11-10/h5-6H,1-4H3/p+1/b7-5+,8-6-. The van der Waals surface area contributed by atoms with Crippen molar-refractivity contribution in [3.8, 4) is 0 Å². The van der Waals surface area contributed by atoms with Gasteiger partial charge in [-0.25, -0.2) is 0 Å². The highest BCUT2D eigenvalue weighted by Crippen LogP contribution is 2.20. The number of allylic oxidation sites excluding steroid dienone is 2. The minimum Gasteiger partial charge on any atom is -0.502 e. The number of diazo groups is 1. The van der Waals surface area contributed by atoms with Gasteiger partial charge in [0.25, 0.3) is 0 Å². The molecule has 0 aliphatic carbocycles. The van der Waals surface area contributed by atoms with Gasteiger partial charge in [0.05, 0.1) is 0 Å². The number of aliphatic hydroxyl groups excluding tert-OH is 1. The molecule has 0 spiro atoms. The van der Waals surface area contributed by atoms with E-state index < -0.39 is 0 Å². The van der Waals surface area contributed by atoms with Crippen LogP contribution < -0.4 is 0 Å². The first-order valence-electron chi connectivity index (χ1n) is 3.80. The van der Waals surface area contributed by atoms with Crippen LogP contribution in [-0.4, -0.2) is 5.11 Å². The molecular formula is C9H15N2O+. The van der Waals surface area contributed by atoms with Gasteiger partial charge < -0.3 is 5.11 Å². The molecular weight excluding hydrogens is 152 g/mol. The van der Waals surface area contributed by atoms with Gasteiger partial charge >= 0.3 is 6.20 Å². The Morgan fingerprint density at radius 1 is 1.42 bits per heavy atom. The van der Waals surface area contributed by atoms with E-state index in [2.05, 4.69) is 4.98 Å². The van der Waals surface area contributed by atoms with Gasteiger partial charge in [-0.15, -0.1) is 0 Å². The van der Waals surface area contributed by atoms with E-state index in [1.807, 2.05) is 26.8 Å². The van der Waals surface area contributed by atoms with E-state index >= 15 is 0 Å². The highest BCUT2D eigenvalue weighted by atomic mass is 16.3. The molecule has 0 radical (unpaired) electrons. The van der Waals surface area contributed by atoms with Crippen LogP contribution in [0.2, 0.25) is 0 Å². The van der Waals surface area contributed by atoms with Crippen LogP contribution in [0, 0.1) is 10.8 Å². The summed E-state index contributed by atoms with van der Waals surface area (Å²) in [5.74, 6) is -0.00701. The Bertz CT molecular complexity index is 251. The molecule has 0 saturated heterocycles. The van der Waals surface area contributed by atoms with Gasteiger partial charge in [-0.1, -0.05) is 26.8 Å². The molecule has 3 nitrogen and oxygen atoms in total. The van der Waals surface area contributed by atoms with E-state index in [1.54, 1.807) is 6.92 Å². The van der Waals surface area contributed by atoms with Gasteiger partial charge in [0.15, 0.2) is 4.98 Å². The number of aliphatic hydroxyl groups is 1. The fourth-order valence-electron chi connectivity index (χ4n) is 0.880. The third-order valence-corrected chi connectivity index (χ3v) is 1.23. The number of hydrogen-bond acceptors (Lipinski definition) is 2. The maximum atomic E-state index is 9.22. The van der Waals surface area contributed by atoms with E-state index in [1.165, 1.54) is 0 Å². The van der Waals surface area contributed by atoms with E-state index in [9.17, 15) is 5.11 Å². The molecule has 0 aromatic rings. The zero-order valence-electron chi connectivity index (χ0n) is 8.00. The summed E-state index contributed by atoms with van der Waals surface area (Å²) >= 11 is 0. The van der Waals surface area contributed by atoms with Gasteiger partial charge in [-0.2, -0.15) is 0 Å². The van der Waals surface area contributed by atoms with Crippen LogP contribution in [0.25, 0.3) is 4.98 Å². The van der Waals surface area contributed by atoms with Crippen LogP contribution in [0.4, 0.5) is 0 Å². The van der Waals surface area contributed by atoms with Crippen molar-refractivity contribution < 1.29 is 5.11 Å². The average molecular weight is 167 g/mol. The van der Waals surface area contributed by atoms with Gasteiger partial charge in [-0.3, -0.25) is 0 Å². The lowest BCUT2D eigenvalue weighted by Crippen LogP contribution is -2.01. The second-order valence-electron chi connectivity index (χ2n) is 3.82. The maximum Gasteiger partial charge on any atom is 0.391 e. The molecule has 0 aromatic carbocycles. The highest BCUT2D eigenvalue weighted by Gasteiger charge is 2.09. The van der Waals surface area contributed by atoms with Crippen LogP contribution in [0.5, 0.6) is 0 Å². The summed E-state index contributed by atoms with van der Waals surface area (Å²) in [6.07, 6.45) is 2.92. The molecule has 12 heavy (non-hydrogen) atoms. The van der Waals surface area contributed by atoms with Gasteiger partial charge in [0.1, 0.15) is 0 Å². The van der Waals surface area contributed by atoms with E-state index in [0.717, 1.165) is 6.20 Å². The molecule has 0 atom stereocenters. The second-order valence-corrected chi connectivity index (χ2v) is 3.82. The van der Waals surface area contributed by atoms with Crippen molar-refractivity contribution in [2.45, 2.75) is 27.7 Å². The van der Waals surface area contributed by atoms with Crippen LogP contribution in [0.3, 0.4) is 0 Å². The third kappa shape index (κ3) is 4.51. The fraction of sp³-hybridized carbons (Fsp3) is 0.556. The van der Waals surface area contributed by atoms with Crippen LogP contribution >= 0.6 is 0 Å². The Labute approximate surface area is 73.0 Å². The molecule has 1 N–H and O–H groups in total. The van der Waals surface area contributed by atoms with Crippen molar-refractivity contribution in [2.75, 3.05) is 0 Å². The zero-order chi connectivity index (χ0) is 9.78. The zero-order valence-corrected chi connectivity index (χ0v) is 8.00. The van der Waals surface area contributed by atoms with Crippen molar-refractivity contribution >= 4 is 0 Å². The van der Waals surface area contributed by atoms with Crippen molar-refractivity contribution in [3.63, 3.8) is 0 Å². The van der Waals surface area contributed by atoms with Crippen LogP contribution in [-0.2, 0) is 0 Å². The Hall–Kier alpha value is -1.30. The Morgan fingerprint density at radius 3 is 2.25 bits per heavy atom. The molecule has 0 unspecified atom stereocenters. The molecule has 0 fully saturated rings. The quantitative estimate of drug-likeness (QED) is 0.370. The molecule has 0 aliphatic rings. The first kappa shape index (κ1) is 10.7. The Kier molecular flexibility index (Phi) is 3.49. The molecule has 66 valence electrons. The number of hydrogen-bond donors (Lipinski definition) is 1. The average Bonchev–Trinajstić information content (AvgIpc) is 1.84. The molecule has 0 saturated carbocycles. The highest BCUT2D eigenvalue weighted by molar-refractivity contribution is 5.25. The van der Waals surface area contributed by atoms with Gasteiger partial charge in [0.2, 0.25) is 11.2 Å². The molecule has 0 aromatic heterocycles. The van der Waals surface area contributed by atoms with Crippen LogP contribution in [0.15, 0.2) is 23.6 Å². The molecule has 0 aliphatic heterocycles. The summed E-state index contributed by atoms with van der Waals surface area (Å²) in [7, 11) is 0. The van der Waals surface area contributed by atoms with Gasteiger partial charge in [0, 0.05) is 0 Å². The lowest BCUT2D eigenvalue weighted by Gasteiger charge is -2.12. The maximum absolute atomic E-state index is 9.22. The minimum atomic E-state index is -0.00701. The monoisotopic (exact) mass is 167 g/mol. The Morgan fingerprint density at radius 2 is 1.92 bits per heavy atom. The summed E-state index contributed by atoms with van der Waals surface area (Å²) in [6, 6.07) is 0. The molecule has 0 amide bonds. The lowest BCUT2D eigenvalue weighted by molar-refractivity contribution is 0.419. The largest absolute Gasteiger partial charge is 0.502 e. The summed E-state index contributed by atoms with van der Waals surface area (Å²) < 4.78 is 0. The van der Waals surface area contributed by atoms with E-state index in [-0.39, 0.29) is 11.2 Å². The summed E-state index contributed by atoms with van der Waals surface area (Å²) in [5, 5.41) is 17.4. The van der Waals surface area contributed by atoms with Gasteiger partial charge in [-0.05, 0) is 17.9 Å².